The number of guanidine groups is 1. The van der Waals surface area contributed by atoms with Crippen molar-refractivity contribution in [3.63, 3.8) is 0 Å². The number of rotatable bonds is 6. The van der Waals surface area contributed by atoms with Crippen LogP contribution in [0, 0.1) is 5.41 Å². The van der Waals surface area contributed by atoms with E-state index in [-0.39, 0.29) is 12.5 Å². The quantitative estimate of drug-likeness (QED) is 0.155. The van der Waals surface area contributed by atoms with Gasteiger partial charge in [0.05, 0.1) is 6.54 Å². The summed E-state index contributed by atoms with van der Waals surface area (Å²) in [6, 6.07) is -0.821. The van der Waals surface area contributed by atoms with Crippen LogP contribution < -0.4 is 22.5 Å². The molecule has 0 radical (unpaired) electrons. The molecule has 0 saturated carbocycles. The third-order valence-corrected chi connectivity index (χ3v) is 1.50. The van der Waals surface area contributed by atoms with Gasteiger partial charge < -0.3 is 32.7 Å². The summed E-state index contributed by atoms with van der Waals surface area (Å²) in [5, 5.41) is 25.3. The maximum Gasteiger partial charge on any atom is 0.320 e. The van der Waals surface area contributed by atoms with E-state index in [4.69, 9.17) is 27.1 Å². The van der Waals surface area contributed by atoms with Gasteiger partial charge in [-0.05, 0) is 12.8 Å². The van der Waals surface area contributed by atoms with E-state index in [0.29, 0.717) is 19.4 Å². The van der Waals surface area contributed by atoms with Gasteiger partial charge in [0, 0.05) is 6.54 Å². The van der Waals surface area contributed by atoms with Crippen molar-refractivity contribution in [2.24, 2.45) is 17.2 Å². The normalized spacial score (nSPS) is 10.7. The van der Waals surface area contributed by atoms with Crippen molar-refractivity contribution in [1.29, 1.82) is 5.41 Å². The van der Waals surface area contributed by atoms with Gasteiger partial charge in [-0.3, -0.25) is 15.0 Å². The van der Waals surface area contributed by atoms with Crippen molar-refractivity contribution >= 4 is 17.9 Å². The average Bonchev–Trinajstić information content (AvgIpc) is 2.24. The van der Waals surface area contributed by atoms with Crippen molar-refractivity contribution in [3.05, 3.63) is 0 Å². The summed E-state index contributed by atoms with van der Waals surface area (Å²) >= 11 is 0. The molecule has 0 rings (SSSR count). The van der Waals surface area contributed by atoms with Crippen LogP contribution in [0.5, 0.6) is 0 Å². The summed E-state index contributed by atoms with van der Waals surface area (Å²) in [7, 11) is 0. The second kappa shape index (κ2) is 10.6. The Bertz CT molecular complexity index is 258. The highest BCUT2D eigenvalue weighted by Gasteiger charge is 2.09. The number of nitrogens with one attached hydrogen (secondary N) is 2. The first-order valence-corrected chi connectivity index (χ1v) is 4.79. The number of carboxylic acids is 2. The van der Waals surface area contributed by atoms with E-state index in [1.165, 1.54) is 0 Å². The van der Waals surface area contributed by atoms with Crippen molar-refractivity contribution in [3.8, 4) is 0 Å². The smallest absolute Gasteiger partial charge is 0.320 e. The predicted molar refractivity (Wildman–Crippen MR) is 61.5 cm³/mol. The molecule has 0 aromatic rings. The van der Waals surface area contributed by atoms with Gasteiger partial charge in [0.25, 0.3) is 0 Å². The molecule has 0 heterocycles. The number of hydrogen-bond donors (Lipinski definition) is 7. The van der Waals surface area contributed by atoms with E-state index in [9.17, 15) is 9.59 Å². The molecular weight excluding hydrogens is 230 g/mol. The Kier molecular flexibility index (Phi) is 11.0. The summed E-state index contributed by atoms with van der Waals surface area (Å²) in [4.78, 5) is 19.5. The van der Waals surface area contributed by atoms with Crippen LogP contribution in [0.4, 0.5) is 0 Å². The molecule has 0 bridgehead atoms. The Hall–Kier alpha value is -1.87. The topological polar surface area (TPSA) is 189 Å². The summed E-state index contributed by atoms with van der Waals surface area (Å²) in [5.74, 6) is -2.08. The second-order valence-electron chi connectivity index (χ2n) is 3.03. The van der Waals surface area contributed by atoms with Gasteiger partial charge >= 0.3 is 11.9 Å². The number of hydrogen-bond acceptors (Lipinski definition) is 5. The van der Waals surface area contributed by atoms with Crippen LogP contribution in [-0.2, 0) is 9.59 Å². The van der Waals surface area contributed by atoms with Gasteiger partial charge in [0.1, 0.15) is 6.04 Å². The lowest BCUT2D eigenvalue weighted by Crippen LogP contribution is -2.34. The average molecular weight is 249 g/mol. The van der Waals surface area contributed by atoms with Crippen LogP contribution in [0.3, 0.4) is 0 Å². The largest absolute Gasteiger partial charge is 0.480 e. The standard InChI is InChI=1S/C6H14N4O2.C2H5NO2/c7-4(5(11)12)2-1-3-10-6(8)9;3-1-2(4)5/h4H,1-3,7H2,(H,11,12)(H4,8,9,10);1,3H2,(H,4,5). The summed E-state index contributed by atoms with van der Waals surface area (Å²) in [5.41, 5.74) is 14.8. The molecule has 0 aromatic heterocycles. The molecule has 9 heteroatoms. The fourth-order valence-electron chi connectivity index (χ4n) is 0.669. The minimum Gasteiger partial charge on any atom is -0.480 e. The zero-order valence-corrected chi connectivity index (χ0v) is 9.35. The van der Waals surface area contributed by atoms with Crippen LogP contribution in [0.2, 0.25) is 0 Å². The van der Waals surface area contributed by atoms with Gasteiger partial charge in [-0.1, -0.05) is 0 Å². The maximum absolute atomic E-state index is 10.2. The molecule has 1 atom stereocenters. The molecule has 9 nitrogen and oxygen atoms in total. The van der Waals surface area contributed by atoms with Crippen molar-refractivity contribution in [2.75, 3.05) is 13.1 Å². The Morgan fingerprint density at radius 2 is 1.82 bits per heavy atom. The molecule has 0 fully saturated rings. The van der Waals surface area contributed by atoms with Crippen LogP contribution in [0.1, 0.15) is 12.8 Å². The Balaban J connectivity index is 0. The molecule has 100 valence electrons. The monoisotopic (exact) mass is 249 g/mol. The predicted octanol–water partition coefficient (Wildman–Crippen LogP) is -2.31. The fraction of sp³-hybridized carbons (Fsp3) is 0.625. The minimum atomic E-state index is -1.00. The second-order valence-corrected chi connectivity index (χ2v) is 3.03. The summed E-state index contributed by atoms with van der Waals surface area (Å²) < 4.78 is 0. The number of carbonyl (C=O) groups is 2. The molecule has 17 heavy (non-hydrogen) atoms. The SMILES string of the molecule is N=C(N)NCCCC(N)C(=O)O.NCC(=O)O. The maximum atomic E-state index is 10.2. The van der Waals surface area contributed by atoms with Crippen LogP contribution in [-0.4, -0.2) is 47.2 Å². The summed E-state index contributed by atoms with van der Waals surface area (Å²) in [6.07, 6.45) is 0.975. The lowest BCUT2D eigenvalue weighted by molar-refractivity contribution is -0.138. The fourth-order valence-corrected chi connectivity index (χ4v) is 0.669. The first-order valence-electron chi connectivity index (χ1n) is 4.79. The van der Waals surface area contributed by atoms with Crippen molar-refractivity contribution < 1.29 is 19.8 Å². The first-order chi connectivity index (χ1) is 7.81. The van der Waals surface area contributed by atoms with Gasteiger partial charge in [-0.2, -0.15) is 0 Å². The van der Waals surface area contributed by atoms with Crippen LogP contribution in [0.15, 0.2) is 0 Å². The molecule has 0 amide bonds. The molecular formula is C8H19N5O4. The molecule has 10 N–H and O–H groups in total. The Labute approximate surface area is 98.5 Å². The van der Waals surface area contributed by atoms with Gasteiger partial charge in [0.2, 0.25) is 0 Å². The molecule has 0 saturated heterocycles. The van der Waals surface area contributed by atoms with E-state index >= 15 is 0 Å². The Morgan fingerprint density at radius 3 is 2.12 bits per heavy atom. The van der Waals surface area contributed by atoms with Crippen LogP contribution in [0.25, 0.3) is 0 Å². The summed E-state index contributed by atoms with van der Waals surface area (Å²) in [6.45, 7) is 0.205. The van der Waals surface area contributed by atoms with E-state index < -0.39 is 18.0 Å². The van der Waals surface area contributed by atoms with Crippen molar-refractivity contribution in [1.82, 2.24) is 5.32 Å². The lowest BCUT2D eigenvalue weighted by Gasteiger charge is -2.06. The molecule has 0 aliphatic heterocycles. The zero-order chi connectivity index (χ0) is 13.8. The van der Waals surface area contributed by atoms with Crippen LogP contribution >= 0.6 is 0 Å². The highest BCUT2D eigenvalue weighted by atomic mass is 16.4. The van der Waals surface area contributed by atoms with E-state index in [0.717, 1.165) is 0 Å². The number of nitrogens with two attached hydrogens (primary N) is 3. The third kappa shape index (κ3) is 16.8. The van der Waals surface area contributed by atoms with E-state index in [1.807, 2.05) is 0 Å². The van der Waals surface area contributed by atoms with E-state index in [1.54, 1.807) is 0 Å². The van der Waals surface area contributed by atoms with Gasteiger partial charge in [-0.25, -0.2) is 0 Å². The number of carboxylic acid groups (broad SMARTS) is 2. The molecule has 0 aliphatic rings. The van der Waals surface area contributed by atoms with Crippen molar-refractivity contribution in [2.45, 2.75) is 18.9 Å². The van der Waals surface area contributed by atoms with E-state index in [2.05, 4.69) is 11.1 Å². The zero-order valence-electron chi connectivity index (χ0n) is 9.35. The van der Waals surface area contributed by atoms with Gasteiger partial charge in [-0.15, -0.1) is 0 Å². The highest BCUT2D eigenvalue weighted by molar-refractivity contribution is 5.74. The molecule has 0 aromatic carbocycles. The molecule has 1 unspecified atom stereocenters. The lowest BCUT2D eigenvalue weighted by atomic mass is 10.2. The van der Waals surface area contributed by atoms with Gasteiger partial charge in [0.15, 0.2) is 5.96 Å². The highest BCUT2D eigenvalue weighted by Crippen LogP contribution is 1.92. The minimum absolute atomic E-state index is 0.112. The molecule has 0 spiro atoms. The first kappa shape index (κ1) is 17.5. The Morgan fingerprint density at radius 1 is 1.35 bits per heavy atom. The molecule has 0 aliphatic carbocycles. The number of aliphatic carboxylic acids is 2. The third-order valence-electron chi connectivity index (χ3n) is 1.50.